The predicted molar refractivity (Wildman–Crippen MR) is 103 cm³/mol. The van der Waals surface area contributed by atoms with Gasteiger partial charge in [-0.05, 0) is 50.2 Å². The van der Waals surface area contributed by atoms with E-state index in [9.17, 15) is 14.7 Å². The fraction of sp³-hybridized carbons (Fsp3) is 0.150. The van der Waals surface area contributed by atoms with Crippen LogP contribution in [0.2, 0.25) is 0 Å². The van der Waals surface area contributed by atoms with E-state index in [0.717, 1.165) is 5.56 Å². The maximum atomic E-state index is 12.4. The van der Waals surface area contributed by atoms with Gasteiger partial charge in [-0.2, -0.15) is 5.10 Å². The Bertz CT molecular complexity index is 967. The van der Waals surface area contributed by atoms with Crippen molar-refractivity contribution >= 4 is 23.2 Å². The number of benzene rings is 2. The summed E-state index contributed by atoms with van der Waals surface area (Å²) in [5.41, 5.74) is 2.11. The summed E-state index contributed by atoms with van der Waals surface area (Å²) >= 11 is 0. The van der Waals surface area contributed by atoms with E-state index in [1.54, 1.807) is 66.5 Å². The number of aromatic hydroxyl groups is 1. The first-order valence-electron chi connectivity index (χ1n) is 8.45. The first kappa shape index (κ1) is 18.2. The van der Waals surface area contributed by atoms with Crippen LogP contribution in [-0.4, -0.2) is 26.7 Å². The smallest absolute Gasteiger partial charge is 0.259 e. The summed E-state index contributed by atoms with van der Waals surface area (Å²) in [6.45, 7) is 3.58. The zero-order chi connectivity index (χ0) is 19.4. The van der Waals surface area contributed by atoms with Gasteiger partial charge in [-0.15, -0.1) is 0 Å². The number of phenolic OH excluding ortho intramolecular Hbond substituents is 1. The molecule has 3 rings (SSSR count). The largest absolute Gasteiger partial charge is 0.507 e. The lowest BCUT2D eigenvalue weighted by Crippen LogP contribution is -2.24. The SMILES string of the molecule is Cc1ccc(O)c(C(=O)Nc2cccc(NC(=O)[C@@H](C)n3cccn3)c2)c1. The van der Waals surface area contributed by atoms with E-state index < -0.39 is 11.9 Å². The summed E-state index contributed by atoms with van der Waals surface area (Å²) < 4.78 is 1.56. The van der Waals surface area contributed by atoms with Crippen molar-refractivity contribution in [1.82, 2.24) is 9.78 Å². The topological polar surface area (TPSA) is 96.3 Å². The number of anilines is 2. The number of nitrogens with zero attached hydrogens (tertiary/aromatic N) is 2. The molecular formula is C20H20N4O3. The maximum Gasteiger partial charge on any atom is 0.259 e. The molecule has 0 saturated heterocycles. The molecule has 0 aliphatic heterocycles. The standard InChI is InChI=1S/C20H20N4O3/c1-13-7-8-18(25)17(11-13)20(27)23-16-6-3-5-15(12-16)22-19(26)14(2)24-10-4-9-21-24/h3-12,14,25H,1-2H3,(H,22,26)(H,23,27)/t14-/m1/s1. The summed E-state index contributed by atoms with van der Waals surface area (Å²) in [4.78, 5) is 24.8. The minimum atomic E-state index is -0.470. The van der Waals surface area contributed by atoms with Gasteiger partial charge in [0.2, 0.25) is 5.91 Å². The number of rotatable bonds is 5. The Kier molecular flexibility index (Phi) is 5.21. The van der Waals surface area contributed by atoms with E-state index >= 15 is 0 Å². The first-order valence-corrected chi connectivity index (χ1v) is 8.45. The number of phenols is 1. The van der Waals surface area contributed by atoms with Crippen LogP contribution >= 0.6 is 0 Å². The highest BCUT2D eigenvalue weighted by Gasteiger charge is 2.16. The molecule has 0 fully saturated rings. The predicted octanol–water partition coefficient (Wildman–Crippen LogP) is 3.35. The van der Waals surface area contributed by atoms with E-state index in [1.807, 2.05) is 6.92 Å². The molecule has 2 amide bonds. The molecule has 2 aromatic carbocycles. The van der Waals surface area contributed by atoms with Crippen molar-refractivity contribution in [1.29, 1.82) is 0 Å². The number of nitrogens with one attached hydrogen (secondary N) is 2. The van der Waals surface area contributed by atoms with Gasteiger partial charge in [0, 0.05) is 23.8 Å². The number of hydrogen-bond acceptors (Lipinski definition) is 4. The van der Waals surface area contributed by atoms with Gasteiger partial charge in [0.05, 0.1) is 5.56 Å². The molecule has 0 spiro atoms. The Morgan fingerprint density at radius 2 is 1.81 bits per heavy atom. The molecule has 0 unspecified atom stereocenters. The summed E-state index contributed by atoms with van der Waals surface area (Å²) in [5, 5.41) is 19.5. The molecule has 3 aromatic rings. The Balaban J connectivity index is 1.71. The monoisotopic (exact) mass is 364 g/mol. The van der Waals surface area contributed by atoms with E-state index in [-0.39, 0.29) is 17.2 Å². The van der Waals surface area contributed by atoms with Crippen LogP contribution in [0.15, 0.2) is 60.9 Å². The average Bonchev–Trinajstić information content (AvgIpc) is 3.18. The van der Waals surface area contributed by atoms with E-state index in [0.29, 0.717) is 11.4 Å². The Labute approximate surface area is 156 Å². The van der Waals surface area contributed by atoms with Crippen LogP contribution in [0.1, 0.15) is 28.9 Å². The molecule has 138 valence electrons. The molecule has 1 heterocycles. The summed E-state index contributed by atoms with van der Waals surface area (Å²) in [6.07, 6.45) is 3.33. The van der Waals surface area contributed by atoms with Crippen molar-refractivity contribution in [3.63, 3.8) is 0 Å². The quantitative estimate of drug-likeness (QED) is 0.647. The number of aromatic nitrogens is 2. The van der Waals surface area contributed by atoms with Gasteiger partial charge in [-0.3, -0.25) is 14.3 Å². The van der Waals surface area contributed by atoms with Gasteiger partial charge < -0.3 is 15.7 Å². The number of aryl methyl sites for hydroxylation is 1. The van der Waals surface area contributed by atoms with Crippen molar-refractivity contribution in [2.75, 3.05) is 10.6 Å². The van der Waals surface area contributed by atoms with E-state index in [1.165, 1.54) is 6.07 Å². The molecule has 7 heteroatoms. The van der Waals surface area contributed by atoms with Crippen LogP contribution in [0.5, 0.6) is 5.75 Å². The zero-order valence-corrected chi connectivity index (χ0v) is 15.0. The minimum Gasteiger partial charge on any atom is -0.507 e. The van der Waals surface area contributed by atoms with Gasteiger partial charge in [-0.1, -0.05) is 17.7 Å². The third-order valence-corrected chi connectivity index (χ3v) is 4.09. The van der Waals surface area contributed by atoms with Crippen molar-refractivity contribution < 1.29 is 14.7 Å². The normalized spacial score (nSPS) is 11.6. The molecular weight excluding hydrogens is 344 g/mol. The van der Waals surface area contributed by atoms with Crippen molar-refractivity contribution in [3.05, 3.63) is 72.1 Å². The fourth-order valence-corrected chi connectivity index (χ4v) is 2.58. The lowest BCUT2D eigenvalue weighted by Gasteiger charge is -2.14. The van der Waals surface area contributed by atoms with Crippen LogP contribution in [0.25, 0.3) is 0 Å². The number of carbonyl (C=O) groups excluding carboxylic acids is 2. The Hall–Kier alpha value is -3.61. The summed E-state index contributed by atoms with van der Waals surface area (Å²) in [5.74, 6) is -0.737. The van der Waals surface area contributed by atoms with Crippen LogP contribution < -0.4 is 10.6 Å². The molecule has 0 aliphatic rings. The van der Waals surface area contributed by atoms with Gasteiger partial charge in [0.15, 0.2) is 0 Å². The molecule has 27 heavy (non-hydrogen) atoms. The third kappa shape index (κ3) is 4.33. The van der Waals surface area contributed by atoms with Crippen LogP contribution in [0, 0.1) is 6.92 Å². The average molecular weight is 364 g/mol. The van der Waals surface area contributed by atoms with Gasteiger partial charge in [0.1, 0.15) is 11.8 Å². The highest BCUT2D eigenvalue weighted by molar-refractivity contribution is 6.06. The molecule has 0 saturated carbocycles. The second-order valence-corrected chi connectivity index (χ2v) is 6.21. The van der Waals surface area contributed by atoms with Gasteiger partial charge in [0.25, 0.3) is 5.91 Å². The second-order valence-electron chi connectivity index (χ2n) is 6.21. The molecule has 1 atom stereocenters. The fourth-order valence-electron chi connectivity index (χ4n) is 2.58. The van der Waals surface area contributed by atoms with Gasteiger partial charge >= 0.3 is 0 Å². The molecule has 3 N–H and O–H groups in total. The summed E-state index contributed by atoms with van der Waals surface area (Å²) in [6, 6.07) is 12.9. The second kappa shape index (κ2) is 7.74. The lowest BCUT2D eigenvalue weighted by molar-refractivity contribution is -0.119. The lowest BCUT2D eigenvalue weighted by atomic mass is 10.1. The summed E-state index contributed by atoms with van der Waals surface area (Å²) in [7, 11) is 0. The zero-order valence-electron chi connectivity index (χ0n) is 15.0. The third-order valence-electron chi connectivity index (χ3n) is 4.09. The number of hydrogen-bond donors (Lipinski definition) is 3. The Morgan fingerprint density at radius 3 is 2.52 bits per heavy atom. The maximum absolute atomic E-state index is 12.4. The van der Waals surface area contributed by atoms with Crippen molar-refractivity contribution in [2.24, 2.45) is 0 Å². The van der Waals surface area contributed by atoms with Crippen LogP contribution in [-0.2, 0) is 4.79 Å². The van der Waals surface area contributed by atoms with E-state index in [2.05, 4.69) is 15.7 Å². The first-order chi connectivity index (χ1) is 12.9. The number of carbonyl (C=O) groups is 2. The molecule has 0 bridgehead atoms. The highest BCUT2D eigenvalue weighted by atomic mass is 16.3. The van der Waals surface area contributed by atoms with Crippen LogP contribution in [0.4, 0.5) is 11.4 Å². The minimum absolute atomic E-state index is 0.0874. The van der Waals surface area contributed by atoms with E-state index in [4.69, 9.17) is 0 Å². The molecule has 0 radical (unpaired) electrons. The highest BCUT2D eigenvalue weighted by Crippen LogP contribution is 2.21. The molecule has 7 nitrogen and oxygen atoms in total. The number of amides is 2. The van der Waals surface area contributed by atoms with Crippen molar-refractivity contribution in [2.45, 2.75) is 19.9 Å². The van der Waals surface area contributed by atoms with Crippen molar-refractivity contribution in [3.8, 4) is 5.75 Å². The molecule has 0 aliphatic carbocycles. The Morgan fingerprint density at radius 1 is 1.07 bits per heavy atom. The van der Waals surface area contributed by atoms with Gasteiger partial charge in [-0.25, -0.2) is 0 Å². The molecule has 1 aromatic heterocycles. The van der Waals surface area contributed by atoms with Crippen LogP contribution in [0.3, 0.4) is 0 Å².